The summed E-state index contributed by atoms with van der Waals surface area (Å²) in [7, 11) is 0. The van der Waals surface area contributed by atoms with Crippen molar-refractivity contribution in [2.75, 3.05) is 0 Å². The van der Waals surface area contributed by atoms with Crippen molar-refractivity contribution < 1.29 is 4.42 Å². The van der Waals surface area contributed by atoms with Crippen molar-refractivity contribution in [2.24, 2.45) is 0 Å². The highest BCUT2D eigenvalue weighted by molar-refractivity contribution is 9.10. The fraction of sp³-hybridized carbons (Fsp3) is 0.286. The molecule has 0 atom stereocenters. The van der Waals surface area contributed by atoms with Gasteiger partial charge in [0.15, 0.2) is 0 Å². The number of nitrogens with one attached hydrogen (secondary N) is 1. The zero-order valence-electron chi connectivity index (χ0n) is 9.87. The van der Waals surface area contributed by atoms with Gasteiger partial charge in [0.05, 0.1) is 6.54 Å². The monoisotopic (exact) mass is 293 g/mol. The van der Waals surface area contributed by atoms with Crippen molar-refractivity contribution >= 4 is 15.9 Å². The van der Waals surface area contributed by atoms with E-state index in [4.69, 9.17) is 4.42 Å². The zero-order valence-corrected chi connectivity index (χ0v) is 11.5. The second-order valence-corrected chi connectivity index (χ2v) is 4.87. The third-order valence-corrected chi connectivity index (χ3v) is 3.08. The fourth-order valence-corrected chi connectivity index (χ4v) is 2.13. The van der Waals surface area contributed by atoms with E-state index in [0.29, 0.717) is 0 Å². The Bertz CT molecular complexity index is 479. The van der Waals surface area contributed by atoms with E-state index >= 15 is 0 Å². The lowest BCUT2D eigenvalue weighted by molar-refractivity contribution is 0.450. The Morgan fingerprint density at radius 2 is 1.94 bits per heavy atom. The van der Waals surface area contributed by atoms with Gasteiger partial charge in [-0.2, -0.15) is 0 Å². The largest absolute Gasteiger partial charge is 0.465 e. The average Bonchev–Trinajstić information content (AvgIpc) is 2.77. The first kappa shape index (κ1) is 12.4. The predicted molar refractivity (Wildman–Crippen MR) is 72.8 cm³/mol. The van der Waals surface area contributed by atoms with Gasteiger partial charge in [-0.05, 0) is 29.8 Å². The molecule has 2 aromatic rings. The van der Waals surface area contributed by atoms with Crippen LogP contribution in [0.2, 0.25) is 0 Å². The number of aryl methyl sites for hydroxylation is 1. The van der Waals surface area contributed by atoms with Gasteiger partial charge in [0.2, 0.25) is 0 Å². The van der Waals surface area contributed by atoms with Crippen molar-refractivity contribution in [1.82, 2.24) is 5.32 Å². The quantitative estimate of drug-likeness (QED) is 0.905. The lowest BCUT2D eigenvalue weighted by Gasteiger charge is -2.03. The topological polar surface area (TPSA) is 25.2 Å². The first-order chi connectivity index (χ1) is 8.28. The van der Waals surface area contributed by atoms with E-state index in [1.807, 2.05) is 24.3 Å². The molecule has 0 fully saturated rings. The van der Waals surface area contributed by atoms with E-state index in [-0.39, 0.29) is 0 Å². The number of furan rings is 1. The van der Waals surface area contributed by atoms with Gasteiger partial charge in [-0.1, -0.05) is 35.0 Å². The molecular formula is C14H16BrNO. The molecule has 0 unspecified atom stereocenters. The van der Waals surface area contributed by atoms with Crippen molar-refractivity contribution in [1.29, 1.82) is 0 Å². The highest BCUT2D eigenvalue weighted by Gasteiger charge is 2.00. The number of hydrogen-bond acceptors (Lipinski definition) is 2. The van der Waals surface area contributed by atoms with Gasteiger partial charge in [-0.3, -0.25) is 0 Å². The smallest absolute Gasteiger partial charge is 0.117 e. The minimum absolute atomic E-state index is 0.770. The molecule has 2 nitrogen and oxygen atoms in total. The number of benzene rings is 1. The number of rotatable bonds is 5. The number of halogens is 1. The fourth-order valence-electron chi connectivity index (χ4n) is 1.68. The summed E-state index contributed by atoms with van der Waals surface area (Å²) >= 11 is 3.47. The van der Waals surface area contributed by atoms with Crippen LogP contribution in [-0.2, 0) is 19.5 Å². The lowest BCUT2D eigenvalue weighted by Crippen LogP contribution is -2.11. The summed E-state index contributed by atoms with van der Waals surface area (Å²) in [6.07, 6.45) is 0.950. The Labute approximate surface area is 110 Å². The maximum Gasteiger partial charge on any atom is 0.117 e. The summed E-state index contributed by atoms with van der Waals surface area (Å²) in [5.41, 5.74) is 1.27. The van der Waals surface area contributed by atoms with Gasteiger partial charge in [0, 0.05) is 17.4 Å². The van der Waals surface area contributed by atoms with Crippen LogP contribution in [0.15, 0.2) is 45.3 Å². The maximum absolute atomic E-state index is 5.62. The lowest BCUT2D eigenvalue weighted by atomic mass is 10.2. The molecule has 0 saturated heterocycles. The molecule has 2 rings (SSSR count). The first-order valence-electron chi connectivity index (χ1n) is 5.80. The SMILES string of the molecule is CCc1ccc(CNCc2cccc(Br)c2)o1. The molecule has 0 bridgehead atoms. The van der Waals surface area contributed by atoms with Crippen LogP contribution in [0.3, 0.4) is 0 Å². The minimum atomic E-state index is 0.770. The summed E-state index contributed by atoms with van der Waals surface area (Å²) in [6, 6.07) is 12.4. The van der Waals surface area contributed by atoms with Crippen LogP contribution in [0.1, 0.15) is 24.0 Å². The van der Waals surface area contributed by atoms with Crippen LogP contribution >= 0.6 is 15.9 Å². The van der Waals surface area contributed by atoms with E-state index in [1.165, 1.54) is 5.56 Å². The Morgan fingerprint density at radius 3 is 2.65 bits per heavy atom. The molecule has 0 amide bonds. The van der Waals surface area contributed by atoms with E-state index < -0.39 is 0 Å². The summed E-state index contributed by atoms with van der Waals surface area (Å²) < 4.78 is 6.74. The number of hydrogen-bond donors (Lipinski definition) is 1. The molecule has 0 saturated carbocycles. The van der Waals surface area contributed by atoms with Gasteiger partial charge in [0.25, 0.3) is 0 Å². The Balaban J connectivity index is 1.83. The van der Waals surface area contributed by atoms with Crippen LogP contribution in [0.4, 0.5) is 0 Å². The van der Waals surface area contributed by atoms with Gasteiger partial charge in [-0.15, -0.1) is 0 Å². The van der Waals surface area contributed by atoms with Gasteiger partial charge in [0.1, 0.15) is 11.5 Å². The van der Waals surface area contributed by atoms with Crippen LogP contribution in [0.25, 0.3) is 0 Å². The molecular weight excluding hydrogens is 278 g/mol. The van der Waals surface area contributed by atoms with Gasteiger partial charge < -0.3 is 9.73 Å². The zero-order chi connectivity index (χ0) is 12.1. The first-order valence-corrected chi connectivity index (χ1v) is 6.60. The molecule has 3 heteroatoms. The normalized spacial score (nSPS) is 10.7. The third kappa shape index (κ3) is 3.72. The van der Waals surface area contributed by atoms with Crippen LogP contribution in [-0.4, -0.2) is 0 Å². The van der Waals surface area contributed by atoms with Crippen molar-refractivity contribution in [3.63, 3.8) is 0 Å². The molecule has 1 heterocycles. The van der Waals surface area contributed by atoms with E-state index in [2.05, 4.69) is 40.3 Å². The molecule has 1 aromatic heterocycles. The summed E-state index contributed by atoms with van der Waals surface area (Å²) in [4.78, 5) is 0. The summed E-state index contributed by atoms with van der Waals surface area (Å²) in [6.45, 7) is 3.71. The van der Waals surface area contributed by atoms with E-state index in [0.717, 1.165) is 35.5 Å². The van der Waals surface area contributed by atoms with Crippen LogP contribution in [0, 0.1) is 0 Å². The Morgan fingerprint density at radius 1 is 1.12 bits per heavy atom. The Kier molecular flexibility index (Phi) is 4.40. The molecule has 0 aliphatic carbocycles. The Hall–Kier alpha value is -1.06. The summed E-state index contributed by atoms with van der Waals surface area (Å²) in [5, 5.41) is 3.37. The standard InChI is InChI=1S/C14H16BrNO/c1-2-13-6-7-14(17-13)10-16-9-11-4-3-5-12(15)8-11/h3-8,16H,2,9-10H2,1H3. The van der Waals surface area contributed by atoms with Crippen molar-refractivity contribution in [3.8, 4) is 0 Å². The van der Waals surface area contributed by atoms with Crippen LogP contribution in [0.5, 0.6) is 0 Å². The molecule has 1 aromatic carbocycles. The van der Waals surface area contributed by atoms with Crippen LogP contribution < -0.4 is 5.32 Å². The van der Waals surface area contributed by atoms with E-state index in [9.17, 15) is 0 Å². The average molecular weight is 294 g/mol. The maximum atomic E-state index is 5.62. The van der Waals surface area contributed by atoms with Crippen molar-refractivity contribution in [3.05, 3.63) is 58.0 Å². The molecule has 0 aliphatic heterocycles. The molecule has 0 radical (unpaired) electrons. The van der Waals surface area contributed by atoms with Gasteiger partial charge in [-0.25, -0.2) is 0 Å². The highest BCUT2D eigenvalue weighted by Crippen LogP contribution is 2.12. The van der Waals surface area contributed by atoms with E-state index in [1.54, 1.807) is 0 Å². The van der Waals surface area contributed by atoms with Crippen molar-refractivity contribution in [2.45, 2.75) is 26.4 Å². The van der Waals surface area contributed by atoms with Gasteiger partial charge >= 0.3 is 0 Å². The molecule has 90 valence electrons. The second-order valence-electron chi connectivity index (χ2n) is 3.96. The predicted octanol–water partition coefficient (Wildman–Crippen LogP) is 3.89. The molecule has 17 heavy (non-hydrogen) atoms. The molecule has 0 spiro atoms. The molecule has 1 N–H and O–H groups in total. The highest BCUT2D eigenvalue weighted by atomic mass is 79.9. The summed E-state index contributed by atoms with van der Waals surface area (Å²) in [5.74, 6) is 2.04. The second kappa shape index (κ2) is 6.03. The molecule has 0 aliphatic rings. The third-order valence-electron chi connectivity index (χ3n) is 2.58. The minimum Gasteiger partial charge on any atom is -0.465 e.